The van der Waals surface area contributed by atoms with E-state index in [9.17, 15) is 0 Å². The van der Waals surface area contributed by atoms with Crippen molar-refractivity contribution in [1.82, 2.24) is 0 Å². The Morgan fingerprint density at radius 1 is 0.258 bits per heavy atom. The van der Waals surface area contributed by atoms with Crippen LogP contribution in [0.1, 0.15) is 0 Å². The van der Waals surface area contributed by atoms with Gasteiger partial charge in [-0.3, -0.25) is 0 Å². The first-order valence-electron chi connectivity index (χ1n) is 22.6. The SMILES string of the molecule is c1ccc(-c2ccc(-c3ccc(N(c4ccc(-c5ccccc5-c5ccccc5-c5ccccc5)cc4)c4cc5ccccc5c5ccccc45)cc3)cc2-c2cc3ccccc3o2)cc1. The molecule has 12 rings (SSSR count). The molecule has 0 atom stereocenters. The fourth-order valence-electron chi connectivity index (χ4n) is 9.71. The normalized spacial score (nSPS) is 11.3. The van der Waals surface area contributed by atoms with E-state index in [0.29, 0.717) is 0 Å². The van der Waals surface area contributed by atoms with Gasteiger partial charge in [0, 0.05) is 27.7 Å². The van der Waals surface area contributed by atoms with Crippen molar-refractivity contribution in [3.63, 3.8) is 0 Å². The zero-order chi connectivity index (χ0) is 43.8. The van der Waals surface area contributed by atoms with Crippen LogP contribution in [-0.4, -0.2) is 0 Å². The summed E-state index contributed by atoms with van der Waals surface area (Å²) >= 11 is 0. The molecule has 11 aromatic carbocycles. The maximum atomic E-state index is 6.50. The third kappa shape index (κ3) is 7.12. The van der Waals surface area contributed by atoms with Gasteiger partial charge in [0.15, 0.2) is 0 Å². The van der Waals surface area contributed by atoms with E-state index in [1.54, 1.807) is 0 Å². The van der Waals surface area contributed by atoms with Crippen molar-refractivity contribution in [2.24, 2.45) is 0 Å². The zero-order valence-electron chi connectivity index (χ0n) is 36.2. The van der Waals surface area contributed by atoms with Crippen LogP contribution in [-0.2, 0) is 0 Å². The molecule has 0 N–H and O–H groups in total. The van der Waals surface area contributed by atoms with E-state index in [1.165, 1.54) is 49.4 Å². The number of para-hydroxylation sites is 1. The summed E-state index contributed by atoms with van der Waals surface area (Å²) in [6.07, 6.45) is 0. The van der Waals surface area contributed by atoms with E-state index >= 15 is 0 Å². The maximum absolute atomic E-state index is 6.50. The summed E-state index contributed by atoms with van der Waals surface area (Å²) in [6.45, 7) is 0. The minimum absolute atomic E-state index is 0.856. The van der Waals surface area contributed by atoms with Gasteiger partial charge in [-0.15, -0.1) is 0 Å². The molecule has 66 heavy (non-hydrogen) atoms. The number of furan rings is 1. The fourth-order valence-corrected chi connectivity index (χ4v) is 9.71. The van der Waals surface area contributed by atoms with Crippen LogP contribution in [0.25, 0.3) is 99.5 Å². The number of benzene rings is 11. The maximum Gasteiger partial charge on any atom is 0.136 e. The van der Waals surface area contributed by atoms with Crippen LogP contribution in [0, 0.1) is 0 Å². The molecule has 1 heterocycles. The van der Waals surface area contributed by atoms with Gasteiger partial charge in [0.05, 0.1) is 5.69 Å². The number of hydrogen-bond donors (Lipinski definition) is 0. The van der Waals surface area contributed by atoms with Crippen LogP contribution in [0.2, 0.25) is 0 Å². The molecule has 0 aliphatic carbocycles. The second-order valence-electron chi connectivity index (χ2n) is 16.8. The molecule has 0 aliphatic rings. The number of fused-ring (bicyclic) bond motifs is 4. The topological polar surface area (TPSA) is 16.4 Å². The lowest BCUT2D eigenvalue weighted by molar-refractivity contribution is 0.632. The number of anilines is 3. The van der Waals surface area contributed by atoms with Gasteiger partial charge in [-0.05, 0) is 120 Å². The largest absolute Gasteiger partial charge is 0.456 e. The highest BCUT2D eigenvalue weighted by Crippen LogP contribution is 2.45. The lowest BCUT2D eigenvalue weighted by Crippen LogP contribution is -2.10. The summed E-state index contributed by atoms with van der Waals surface area (Å²) in [5, 5.41) is 5.96. The molecule has 0 aliphatic heterocycles. The molecule has 0 saturated heterocycles. The Kier molecular flexibility index (Phi) is 9.89. The van der Waals surface area contributed by atoms with E-state index < -0.39 is 0 Å². The molecule has 12 aromatic rings. The molecule has 0 radical (unpaired) electrons. The van der Waals surface area contributed by atoms with Crippen LogP contribution >= 0.6 is 0 Å². The Labute approximate surface area is 384 Å². The van der Waals surface area contributed by atoms with E-state index in [1.807, 2.05) is 12.1 Å². The van der Waals surface area contributed by atoms with Crippen LogP contribution in [0.3, 0.4) is 0 Å². The summed E-state index contributed by atoms with van der Waals surface area (Å²) in [6, 6.07) is 93.8. The second kappa shape index (κ2) is 16.8. The van der Waals surface area contributed by atoms with Crippen molar-refractivity contribution in [2.45, 2.75) is 0 Å². The van der Waals surface area contributed by atoms with Crippen molar-refractivity contribution >= 4 is 49.6 Å². The second-order valence-corrected chi connectivity index (χ2v) is 16.8. The predicted molar refractivity (Wildman–Crippen MR) is 279 cm³/mol. The molecule has 0 fully saturated rings. The highest BCUT2D eigenvalue weighted by Gasteiger charge is 2.20. The van der Waals surface area contributed by atoms with Crippen LogP contribution in [0.15, 0.2) is 265 Å². The minimum Gasteiger partial charge on any atom is -0.456 e. The summed E-state index contributed by atoms with van der Waals surface area (Å²) in [4.78, 5) is 2.41. The van der Waals surface area contributed by atoms with Gasteiger partial charge in [-0.2, -0.15) is 0 Å². The number of nitrogens with zero attached hydrogens (tertiary/aromatic N) is 1. The summed E-state index contributed by atoms with van der Waals surface area (Å²) < 4.78 is 6.50. The van der Waals surface area contributed by atoms with Gasteiger partial charge in [-0.25, -0.2) is 0 Å². The Balaban J connectivity index is 0.973. The number of hydrogen-bond acceptors (Lipinski definition) is 2. The van der Waals surface area contributed by atoms with Crippen LogP contribution in [0.4, 0.5) is 17.1 Å². The molecule has 0 unspecified atom stereocenters. The predicted octanol–water partition coefficient (Wildman–Crippen LogP) is 18.2. The Morgan fingerprint density at radius 3 is 1.33 bits per heavy atom. The van der Waals surface area contributed by atoms with Crippen molar-refractivity contribution in [3.05, 3.63) is 261 Å². The molecule has 0 bridgehead atoms. The van der Waals surface area contributed by atoms with Crippen LogP contribution in [0.5, 0.6) is 0 Å². The first-order chi connectivity index (χ1) is 32.7. The summed E-state index contributed by atoms with van der Waals surface area (Å²) in [5.74, 6) is 0.856. The molecule has 2 heteroatoms. The Bertz CT molecular complexity index is 3650. The molecule has 0 saturated carbocycles. The van der Waals surface area contributed by atoms with Crippen molar-refractivity contribution in [2.75, 3.05) is 4.90 Å². The van der Waals surface area contributed by atoms with Gasteiger partial charge >= 0.3 is 0 Å². The third-order valence-corrected chi connectivity index (χ3v) is 12.9. The van der Waals surface area contributed by atoms with E-state index in [2.05, 4.69) is 254 Å². The van der Waals surface area contributed by atoms with E-state index in [4.69, 9.17) is 4.42 Å². The monoisotopic (exact) mass is 841 g/mol. The minimum atomic E-state index is 0.856. The molecule has 2 nitrogen and oxygen atoms in total. The highest BCUT2D eigenvalue weighted by molar-refractivity contribution is 6.14. The summed E-state index contributed by atoms with van der Waals surface area (Å²) in [7, 11) is 0. The van der Waals surface area contributed by atoms with Crippen molar-refractivity contribution in [1.29, 1.82) is 0 Å². The van der Waals surface area contributed by atoms with Crippen molar-refractivity contribution in [3.8, 4) is 67.0 Å². The van der Waals surface area contributed by atoms with Gasteiger partial charge < -0.3 is 9.32 Å². The lowest BCUT2D eigenvalue weighted by Gasteiger charge is -2.28. The first-order valence-corrected chi connectivity index (χ1v) is 22.6. The summed E-state index contributed by atoms with van der Waals surface area (Å²) in [5.41, 5.74) is 17.0. The van der Waals surface area contributed by atoms with Crippen molar-refractivity contribution < 1.29 is 4.42 Å². The molecule has 1 aromatic heterocycles. The molecule has 0 spiro atoms. The van der Waals surface area contributed by atoms with Crippen LogP contribution < -0.4 is 4.90 Å². The molecule has 310 valence electrons. The number of rotatable bonds is 9. The zero-order valence-corrected chi connectivity index (χ0v) is 36.2. The Morgan fingerprint density at radius 2 is 0.712 bits per heavy atom. The quantitative estimate of drug-likeness (QED) is 0.135. The highest BCUT2D eigenvalue weighted by atomic mass is 16.3. The van der Waals surface area contributed by atoms with E-state index in [0.717, 1.165) is 67.2 Å². The third-order valence-electron chi connectivity index (χ3n) is 12.9. The van der Waals surface area contributed by atoms with Gasteiger partial charge in [0.25, 0.3) is 0 Å². The smallest absolute Gasteiger partial charge is 0.136 e. The standard InChI is InChI=1S/C64H43NO/c1-3-17-45(18-4-1)53-23-10-12-26-57(53)58-27-13-11-24-54(58)47-33-38-52(39-34-47)65(62-42-49-21-7-9-25-55(49)59-28-14-15-29-60(59)62)51-36-31-44(32-37-51)48-35-40-56(46-19-5-2-6-20-46)61(41-48)64-43-50-22-8-16-30-63(50)66-64/h1-43H. The molecular formula is C64H43NO. The Hall–Kier alpha value is -8.72. The molecule has 0 amide bonds. The van der Waals surface area contributed by atoms with Gasteiger partial charge in [0.1, 0.15) is 11.3 Å². The van der Waals surface area contributed by atoms with E-state index in [-0.39, 0.29) is 0 Å². The first kappa shape index (κ1) is 38.9. The molecular weight excluding hydrogens is 799 g/mol. The van der Waals surface area contributed by atoms with Gasteiger partial charge in [0.2, 0.25) is 0 Å². The lowest BCUT2D eigenvalue weighted by atomic mass is 9.89. The fraction of sp³-hybridized carbons (Fsp3) is 0. The van der Waals surface area contributed by atoms with Gasteiger partial charge in [-0.1, -0.05) is 212 Å². The average Bonchev–Trinajstić information content (AvgIpc) is 3.84. The average molecular weight is 842 g/mol.